The number of carbonyl (C=O) groups is 2. The van der Waals surface area contributed by atoms with E-state index >= 15 is 0 Å². The first-order valence-electron chi connectivity index (χ1n) is 13.8. The van der Waals surface area contributed by atoms with Gasteiger partial charge in [-0.05, 0) is 88.9 Å². The van der Waals surface area contributed by atoms with Gasteiger partial charge in [0.15, 0.2) is 16.3 Å². The standard InChI is InChI=1S/C33H29BrN2O8S/c1-5-43-32(40)28-18(2)35-33-36(29(28)21-10-12-24(41-3)23(34)16-21)30(37)27(45-33)15-19-9-11-25(26(14-19)42-4)44-17-20-7-6-8-22(13-20)31(38)39/h6-16,29H,5,17H2,1-4H3,(H,38,39)/b27-15-/t29-/m0/s1. The fourth-order valence-electron chi connectivity index (χ4n) is 4.96. The van der Waals surface area contributed by atoms with Gasteiger partial charge in [-0.2, -0.15) is 0 Å². The van der Waals surface area contributed by atoms with Crippen molar-refractivity contribution in [1.29, 1.82) is 0 Å². The highest BCUT2D eigenvalue weighted by Gasteiger charge is 2.33. The number of benzene rings is 3. The van der Waals surface area contributed by atoms with Gasteiger partial charge in [-0.1, -0.05) is 35.6 Å². The summed E-state index contributed by atoms with van der Waals surface area (Å²) in [7, 11) is 3.07. The first-order chi connectivity index (χ1) is 21.6. The first kappa shape index (κ1) is 31.7. The van der Waals surface area contributed by atoms with Gasteiger partial charge in [-0.15, -0.1) is 0 Å². The van der Waals surface area contributed by atoms with Crippen LogP contribution in [0.5, 0.6) is 17.2 Å². The summed E-state index contributed by atoms with van der Waals surface area (Å²) < 4.78 is 24.8. The number of thiazole rings is 1. The predicted octanol–water partition coefficient (Wildman–Crippen LogP) is 4.86. The number of aromatic nitrogens is 1. The van der Waals surface area contributed by atoms with E-state index in [9.17, 15) is 19.5 Å². The van der Waals surface area contributed by atoms with E-state index in [2.05, 4.69) is 20.9 Å². The molecule has 10 nitrogen and oxygen atoms in total. The van der Waals surface area contributed by atoms with Gasteiger partial charge in [0.25, 0.3) is 5.56 Å². The molecule has 0 saturated carbocycles. The zero-order valence-corrected chi connectivity index (χ0v) is 27.2. The van der Waals surface area contributed by atoms with Gasteiger partial charge in [0.1, 0.15) is 12.4 Å². The number of carboxylic acid groups (broad SMARTS) is 1. The maximum absolute atomic E-state index is 14.0. The fourth-order valence-corrected chi connectivity index (χ4v) is 6.56. The van der Waals surface area contributed by atoms with Crippen LogP contribution in [0.4, 0.5) is 0 Å². The third-order valence-electron chi connectivity index (χ3n) is 7.06. The number of rotatable bonds is 10. The average Bonchev–Trinajstić information content (AvgIpc) is 3.33. The molecule has 1 atom stereocenters. The van der Waals surface area contributed by atoms with Gasteiger partial charge in [-0.3, -0.25) is 9.36 Å². The van der Waals surface area contributed by atoms with Crippen molar-refractivity contribution >= 4 is 45.3 Å². The zero-order valence-electron chi connectivity index (χ0n) is 24.8. The van der Waals surface area contributed by atoms with Crippen LogP contribution in [0.2, 0.25) is 0 Å². The number of hydrogen-bond donors (Lipinski definition) is 1. The van der Waals surface area contributed by atoms with E-state index < -0.39 is 18.0 Å². The smallest absolute Gasteiger partial charge is 0.338 e. The molecule has 232 valence electrons. The van der Waals surface area contributed by atoms with Crippen molar-refractivity contribution in [2.75, 3.05) is 20.8 Å². The second-order valence-corrected chi connectivity index (χ2v) is 11.8. The van der Waals surface area contributed by atoms with Crippen LogP contribution < -0.4 is 29.1 Å². The van der Waals surface area contributed by atoms with E-state index in [0.717, 1.165) is 0 Å². The molecule has 0 radical (unpaired) electrons. The van der Waals surface area contributed by atoms with Crippen LogP contribution in [0, 0.1) is 0 Å². The number of nitrogens with zero attached hydrogens (tertiary/aromatic N) is 2. The molecule has 1 N–H and O–H groups in total. The number of carbonyl (C=O) groups excluding carboxylic acids is 1. The van der Waals surface area contributed by atoms with Gasteiger partial charge in [0.05, 0.1) is 52.7 Å². The number of allylic oxidation sites excluding steroid dienone is 1. The van der Waals surface area contributed by atoms with Crippen molar-refractivity contribution in [3.8, 4) is 17.2 Å². The number of carboxylic acids is 1. The van der Waals surface area contributed by atoms with Gasteiger partial charge in [0, 0.05) is 0 Å². The molecule has 1 aliphatic heterocycles. The Morgan fingerprint density at radius 3 is 2.49 bits per heavy atom. The quantitative estimate of drug-likeness (QED) is 0.234. The number of fused-ring (bicyclic) bond motifs is 1. The van der Waals surface area contributed by atoms with E-state index in [4.69, 9.17) is 18.9 Å². The van der Waals surface area contributed by atoms with Crippen LogP contribution in [-0.4, -0.2) is 42.4 Å². The van der Waals surface area contributed by atoms with Crippen LogP contribution in [0.1, 0.15) is 46.9 Å². The minimum Gasteiger partial charge on any atom is -0.496 e. The highest BCUT2D eigenvalue weighted by atomic mass is 79.9. The Balaban J connectivity index is 1.53. The van der Waals surface area contributed by atoms with Crippen LogP contribution in [0.3, 0.4) is 0 Å². The third kappa shape index (κ3) is 6.57. The molecule has 4 aromatic rings. The highest BCUT2D eigenvalue weighted by Crippen LogP contribution is 2.35. The summed E-state index contributed by atoms with van der Waals surface area (Å²) in [6.45, 7) is 3.77. The van der Waals surface area contributed by atoms with Crippen molar-refractivity contribution in [3.05, 3.63) is 118 Å². The van der Waals surface area contributed by atoms with Crippen molar-refractivity contribution in [2.24, 2.45) is 4.99 Å². The fraction of sp³-hybridized carbons (Fsp3) is 0.212. The van der Waals surface area contributed by atoms with Crippen molar-refractivity contribution in [3.63, 3.8) is 0 Å². The first-order valence-corrected chi connectivity index (χ1v) is 15.4. The lowest BCUT2D eigenvalue weighted by molar-refractivity contribution is -0.139. The summed E-state index contributed by atoms with van der Waals surface area (Å²) in [6, 6.07) is 16.4. The Bertz CT molecular complexity index is 2010. The predicted molar refractivity (Wildman–Crippen MR) is 172 cm³/mol. The summed E-state index contributed by atoms with van der Waals surface area (Å²) in [4.78, 5) is 43.5. The van der Waals surface area contributed by atoms with Crippen LogP contribution in [-0.2, 0) is 16.1 Å². The largest absolute Gasteiger partial charge is 0.496 e. The Hall–Kier alpha value is -4.68. The topological polar surface area (TPSA) is 126 Å². The second-order valence-electron chi connectivity index (χ2n) is 9.90. The molecule has 5 rings (SSSR count). The van der Waals surface area contributed by atoms with Crippen molar-refractivity contribution in [2.45, 2.75) is 26.5 Å². The highest BCUT2D eigenvalue weighted by molar-refractivity contribution is 9.10. The maximum Gasteiger partial charge on any atom is 0.338 e. The van der Waals surface area contributed by atoms with Crippen molar-refractivity contribution in [1.82, 2.24) is 4.57 Å². The lowest BCUT2D eigenvalue weighted by atomic mass is 9.96. The molecule has 0 spiro atoms. The van der Waals surface area contributed by atoms with Gasteiger partial charge >= 0.3 is 11.9 Å². The molecule has 2 heterocycles. The van der Waals surface area contributed by atoms with Gasteiger partial charge in [0.2, 0.25) is 0 Å². The molecule has 1 aliphatic rings. The number of hydrogen-bond acceptors (Lipinski definition) is 9. The second kappa shape index (κ2) is 13.5. The molecule has 45 heavy (non-hydrogen) atoms. The summed E-state index contributed by atoms with van der Waals surface area (Å²) >= 11 is 4.73. The molecular weight excluding hydrogens is 664 g/mol. The summed E-state index contributed by atoms with van der Waals surface area (Å²) in [5.74, 6) is -0.0526. The Kier molecular flexibility index (Phi) is 9.54. The summed E-state index contributed by atoms with van der Waals surface area (Å²) in [5.41, 5.74) is 2.67. The monoisotopic (exact) mass is 692 g/mol. The van der Waals surface area contributed by atoms with Crippen LogP contribution in [0.25, 0.3) is 6.08 Å². The molecule has 3 aromatic carbocycles. The lowest BCUT2D eigenvalue weighted by Gasteiger charge is -2.25. The van der Waals surface area contributed by atoms with E-state index in [0.29, 0.717) is 53.4 Å². The van der Waals surface area contributed by atoms with E-state index in [1.54, 1.807) is 69.5 Å². The normalized spacial score (nSPS) is 14.4. The van der Waals surface area contributed by atoms with Crippen LogP contribution in [0.15, 0.2) is 86.2 Å². The van der Waals surface area contributed by atoms with Gasteiger partial charge in [-0.25, -0.2) is 14.6 Å². The molecule has 0 saturated heterocycles. The number of ether oxygens (including phenoxy) is 4. The molecule has 0 aliphatic carbocycles. The van der Waals surface area contributed by atoms with Crippen molar-refractivity contribution < 1.29 is 33.6 Å². The summed E-state index contributed by atoms with van der Waals surface area (Å²) in [6.07, 6.45) is 1.73. The SMILES string of the molecule is CCOC(=O)C1=C(C)N=c2s/c(=C\c3ccc(OCc4cccc(C(=O)O)c4)c(OC)c3)c(=O)n2[C@H]1c1ccc(OC)c(Br)c1. The number of halogens is 1. The molecule has 1 aromatic heterocycles. The molecular formula is C33H29BrN2O8S. The van der Waals surface area contributed by atoms with Crippen LogP contribution >= 0.6 is 27.3 Å². The number of methoxy groups -OCH3 is 2. The lowest BCUT2D eigenvalue weighted by Crippen LogP contribution is -2.39. The Morgan fingerprint density at radius 1 is 1.04 bits per heavy atom. The molecule has 0 fully saturated rings. The van der Waals surface area contributed by atoms with E-state index in [-0.39, 0.29) is 29.9 Å². The average molecular weight is 694 g/mol. The molecule has 0 bridgehead atoms. The molecule has 12 heteroatoms. The maximum atomic E-state index is 14.0. The minimum atomic E-state index is -1.01. The van der Waals surface area contributed by atoms with E-state index in [1.807, 2.05) is 12.1 Å². The molecule has 0 unspecified atom stereocenters. The van der Waals surface area contributed by atoms with E-state index in [1.165, 1.54) is 29.1 Å². The third-order valence-corrected chi connectivity index (χ3v) is 8.66. The minimum absolute atomic E-state index is 0.138. The number of esters is 1. The molecule has 0 amide bonds. The summed E-state index contributed by atoms with van der Waals surface area (Å²) in [5, 5.41) is 9.25. The van der Waals surface area contributed by atoms with Gasteiger partial charge < -0.3 is 24.1 Å². The Labute approximate surface area is 270 Å². The zero-order chi connectivity index (χ0) is 32.2. The number of aromatic carboxylic acids is 1. The Morgan fingerprint density at radius 2 is 1.80 bits per heavy atom.